The molecule has 8 heteroatoms. The first-order chi connectivity index (χ1) is 13.8. The van der Waals surface area contributed by atoms with Crippen molar-refractivity contribution in [1.82, 2.24) is 15.2 Å². The summed E-state index contributed by atoms with van der Waals surface area (Å²) in [5, 5.41) is 2.85. The van der Waals surface area contributed by atoms with Crippen molar-refractivity contribution in [2.24, 2.45) is 5.92 Å². The van der Waals surface area contributed by atoms with Crippen molar-refractivity contribution in [2.75, 3.05) is 44.2 Å². The Morgan fingerprint density at radius 3 is 2.52 bits per heavy atom. The van der Waals surface area contributed by atoms with Gasteiger partial charge in [0.2, 0.25) is 5.91 Å². The maximum Gasteiger partial charge on any atom is 0.339 e. The summed E-state index contributed by atoms with van der Waals surface area (Å²) in [7, 11) is 0. The van der Waals surface area contributed by atoms with Crippen LogP contribution >= 0.6 is 0 Å². The molecule has 1 amide bonds. The monoisotopic (exact) mass is 404 g/mol. The zero-order valence-electron chi connectivity index (χ0n) is 17.8. The number of anilines is 1. The van der Waals surface area contributed by atoms with E-state index in [1.807, 2.05) is 19.9 Å². The fourth-order valence-electron chi connectivity index (χ4n) is 3.43. The Balaban J connectivity index is 1.89. The maximum absolute atomic E-state index is 12.4. The van der Waals surface area contributed by atoms with Crippen LogP contribution in [-0.4, -0.2) is 72.9 Å². The molecule has 1 aliphatic heterocycles. The van der Waals surface area contributed by atoms with Crippen molar-refractivity contribution in [3.63, 3.8) is 0 Å². The van der Waals surface area contributed by atoms with Gasteiger partial charge in [0.15, 0.2) is 5.78 Å². The molecule has 1 atom stereocenters. The van der Waals surface area contributed by atoms with Crippen molar-refractivity contribution in [1.29, 1.82) is 0 Å². The lowest BCUT2D eigenvalue weighted by Gasteiger charge is -2.24. The van der Waals surface area contributed by atoms with E-state index in [1.165, 1.54) is 13.1 Å². The van der Waals surface area contributed by atoms with Crippen LogP contribution in [0, 0.1) is 5.92 Å². The van der Waals surface area contributed by atoms with Gasteiger partial charge < -0.3 is 15.0 Å². The molecule has 0 spiro atoms. The van der Waals surface area contributed by atoms with E-state index >= 15 is 0 Å². The minimum absolute atomic E-state index is 0.0206. The van der Waals surface area contributed by atoms with E-state index in [2.05, 4.69) is 20.1 Å². The number of carbonyl (C=O) groups is 3. The molecular weight excluding hydrogens is 372 g/mol. The van der Waals surface area contributed by atoms with Crippen LogP contribution in [0.4, 0.5) is 5.82 Å². The van der Waals surface area contributed by atoms with Crippen LogP contribution < -0.4 is 10.2 Å². The molecule has 8 nitrogen and oxygen atoms in total. The van der Waals surface area contributed by atoms with Gasteiger partial charge in [0.05, 0.1) is 24.8 Å². The van der Waals surface area contributed by atoms with Crippen LogP contribution in [0.5, 0.6) is 0 Å². The van der Waals surface area contributed by atoms with Crippen molar-refractivity contribution < 1.29 is 19.1 Å². The molecule has 0 radical (unpaired) electrons. The smallest absolute Gasteiger partial charge is 0.339 e. The first kappa shape index (κ1) is 22.8. The molecule has 1 N–H and O–H groups in total. The fraction of sp³-hybridized carbons (Fsp3) is 0.619. The highest BCUT2D eigenvalue weighted by Crippen LogP contribution is 2.15. The zero-order valence-corrected chi connectivity index (χ0v) is 17.8. The first-order valence-corrected chi connectivity index (χ1v) is 10.2. The summed E-state index contributed by atoms with van der Waals surface area (Å²) in [5.74, 6) is 0.363. The molecule has 1 saturated heterocycles. The molecule has 2 heterocycles. The van der Waals surface area contributed by atoms with Gasteiger partial charge in [-0.1, -0.05) is 13.8 Å². The first-order valence-electron chi connectivity index (χ1n) is 10.2. The molecule has 1 aliphatic rings. The predicted molar refractivity (Wildman–Crippen MR) is 111 cm³/mol. The molecule has 1 aromatic rings. The zero-order chi connectivity index (χ0) is 21.4. The fourth-order valence-corrected chi connectivity index (χ4v) is 3.43. The number of nitrogens with one attached hydrogen (secondary N) is 1. The van der Waals surface area contributed by atoms with Gasteiger partial charge in [-0.2, -0.15) is 0 Å². The third-order valence-electron chi connectivity index (χ3n) is 4.96. The minimum atomic E-state index is -0.437. The van der Waals surface area contributed by atoms with Gasteiger partial charge in [-0.25, -0.2) is 9.78 Å². The van der Waals surface area contributed by atoms with Crippen LogP contribution in [-0.2, 0) is 14.3 Å². The Labute approximate surface area is 172 Å². The Morgan fingerprint density at radius 1 is 1.17 bits per heavy atom. The van der Waals surface area contributed by atoms with Gasteiger partial charge in [0.25, 0.3) is 0 Å². The summed E-state index contributed by atoms with van der Waals surface area (Å²) in [4.78, 5) is 44.5. The number of ether oxygens (including phenoxy) is 1. The van der Waals surface area contributed by atoms with Crippen LogP contribution in [0.3, 0.4) is 0 Å². The lowest BCUT2D eigenvalue weighted by Crippen LogP contribution is -2.47. The normalized spacial score (nSPS) is 16.2. The number of ketones is 1. The third-order valence-corrected chi connectivity index (χ3v) is 4.96. The molecule has 29 heavy (non-hydrogen) atoms. The molecule has 2 rings (SSSR count). The summed E-state index contributed by atoms with van der Waals surface area (Å²) in [6.07, 6.45) is 2.44. The van der Waals surface area contributed by atoms with Crippen LogP contribution in [0.25, 0.3) is 0 Å². The van der Waals surface area contributed by atoms with Gasteiger partial charge in [0.1, 0.15) is 5.82 Å². The van der Waals surface area contributed by atoms with E-state index in [1.54, 1.807) is 13.0 Å². The molecule has 0 aliphatic carbocycles. The van der Waals surface area contributed by atoms with E-state index in [0.717, 1.165) is 38.4 Å². The maximum atomic E-state index is 12.4. The van der Waals surface area contributed by atoms with Crippen LogP contribution in [0.15, 0.2) is 18.3 Å². The summed E-state index contributed by atoms with van der Waals surface area (Å²) < 4.78 is 4.98. The highest BCUT2D eigenvalue weighted by atomic mass is 16.5. The van der Waals surface area contributed by atoms with E-state index in [-0.39, 0.29) is 30.1 Å². The highest BCUT2D eigenvalue weighted by Gasteiger charge is 2.23. The topological polar surface area (TPSA) is 91.8 Å². The Morgan fingerprint density at radius 2 is 1.93 bits per heavy atom. The van der Waals surface area contributed by atoms with Crippen molar-refractivity contribution in [2.45, 2.75) is 40.2 Å². The number of aromatic nitrogens is 1. The average Bonchev–Trinajstić information content (AvgIpc) is 2.91. The number of esters is 1. The molecule has 1 fully saturated rings. The summed E-state index contributed by atoms with van der Waals surface area (Å²) in [5.41, 5.74) is 0.439. The average molecular weight is 405 g/mol. The van der Waals surface area contributed by atoms with E-state index in [4.69, 9.17) is 4.74 Å². The number of hydrogen-bond donors (Lipinski definition) is 1. The van der Waals surface area contributed by atoms with E-state index < -0.39 is 6.04 Å². The van der Waals surface area contributed by atoms with Crippen molar-refractivity contribution in [3.8, 4) is 0 Å². The molecule has 0 saturated carbocycles. The van der Waals surface area contributed by atoms with Crippen molar-refractivity contribution in [3.05, 3.63) is 23.9 Å². The Hall–Kier alpha value is -2.48. The third kappa shape index (κ3) is 6.81. The van der Waals surface area contributed by atoms with E-state index in [0.29, 0.717) is 12.2 Å². The molecule has 0 bridgehead atoms. The van der Waals surface area contributed by atoms with Crippen LogP contribution in [0.1, 0.15) is 44.5 Å². The number of carbonyl (C=O) groups excluding carboxylic acids is 3. The van der Waals surface area contributed by atoms with Gasteiger partial charge in [-0.3, -0.25) is 14.5 Å². The molecule has 0 aromatic carbocycles. The molecule has 1 aromatic heterocycles. The van der Waals surface area contributed by atoms with Gasteiger partial charge in [0, 0.05) is 32.4 Å². The van der Waals surface area contributed by atoms with Crippen molar-refractivity contribution >= 4 is 23.5 Å². The largest absolute Gasteiger partial charge is 0.462 e. The second-order valence-corrected chi connectivity index (χ2v) is 7.64. The second-order valence-electron chi connectivity index (χ2n) is 7.64. The lowest BCUT2D eigenvalue weighted by atomic mass is 10.0. The van der Waals surface area contributed by atoms with Gasteiger partial charge in [-0.05, 0) is 38.3 Å². The standard InChI is InChI=1S/C21H32N4O4/c1-5-29-21(28)17-7-8-18(22-13-17)25-10-6-9-24(11-12-25)14-19(27)23-20(15(2)3)16(4)26/h7-8,13,15,20H,5-6,9-12,14H2,1-4H3,(H,23,27). The second kappa shape index (κ2) is 10.9. The number of hydrogen-bond acceptors (Lipinski definition) is 7. The Bertz CT molecular complexity index is 705. The molecule has 1 unspecified atom stereocenters. The number of amides is 1. The van der Waals surface area contributed by atoms with E-state index in [9.17, 15) is 14.4 Å². The number of Topliss-reactive ketones (excluding diaryl/α,β-unsaturated/α-hetero) is 1. The lowest BCUT2D eigenvalue weighted by molar-refractivity contribution is -0.128. The summed E-state index contributed by atoms with van der Waals surface area (Å²) in [6.45, 7) is 10.8. The highest BCUT2D eigenvalue weighted by molar-refractivity contribution is 5.89. The summed E-state index contributed by atoms with van der Waals surface area (Å²) >= 11 is 0. The minimum Gasteiger partial charge on any atom is -0.462 e. The predicted octanol–water partition coefficient (Wildman–Crippen LogP) is 1.50. The number of rotatable bonds is 8. The SMILES string of the molecule is CCOC(=O)c1ccc(N2CCCN(CC(=O)NC(C(C)=O)C(C)C)CC2)nc1. The van der Waals surface area contributed by atoms with Gasteiger partial charge in [-0.15, -0.1) is 0 Å². The number of nitrogens with zero attached hydrogens (tertiary/aromatic N) is 3. The van der Waals surface area contributed by atoms with Crippen LogP contribution in [0.2, 0.25) is 0 Å². The quantitative estimate of drug-likeness (QED) is 0.657. The molecule has 160 valence electrons. The summed E-state index contributed by atoms with van der Waals surface area (Å²) in [6, 6.07) is 3.12. The van der Waals surface area contributed by atoms with Gasteiger partial charge >= 0.3 is 5.97 Å². The molecular formula is C21H32N4O4. The number of pyridine rings is 1. The Kier molecular flexibility index (Phi) is 8.57.